The Balaban J connectivity index is 1.48. The Morgan fingerprint density at radius 3 is 2.51 bits per heavy atom. The molecule has 170 valence electrons. The largest absolute Gasteiger partial charge is 0.508 e. The van der Waals surface area contributed by atoms with Gasteiger partial charge in [-0.25, -0.2) is 0 Å². The van der Waals surface area contributed by atoms with Crippen molar-refractivity contribution in [3.63, 3.8) is 0 Å². The minimum atomic E-state index is -0.125. The first-order chi connectivity index (χ1) is 17.2. The van der Waals surface area contributed by atoms with E-state index in [1.54, 1.807) is 18.3 Å². The number of nitrogens with zero attached hydrogens (tertiary/aromatic N) is 2. The third kappa shape index (κ3) is 3.95. The quantitative estimate of drug-likeness (QED) is 0.322. The Kier molecular flexibility index (Phi) is 5.11. The number of phenols is 1. The van der Waals surface area contributed by atoms with Gasteiger partial charge >= 0.3 is 0 Å². The molecule has 1 aliphatic heterocycles. The Hall–Kier alpha value is -4.71. The number of fused-ring (bicyclic) bond motifs is 2. The van der Waals surface area contributed by atoms with Gasteiger partial charge in [0.25, 0.3) is 5.91 Å². The van der Waals surface area contributed by atoms with Gasteiger partial charge in [-0.2, -0.15) is 0 Å². The molecule has 0 spiro atoms. The van der Waals surface area contributed by atoms with Gasteiger partial charge in [0.15, 0.2) is 0 Å². The summed E-state index contributed by atoms with van der Waals surface area (Å²) in [4.78, 5) is 22.2. The van der Waals surface area contributed by atoms with Gasteiger partial charge in [-0.05, 0) is 59.7 Å². The fraction of sp³-hybridized carbons (Fsp3) is 0.0690. The van der Waals surface area contributed by atoms with Crippen molar-refractivity contribution in [2.75, 3.05) is 11.9 Å². The lowest BCUT2D eigenvalue weighted by molar-refractivity contribution is 0.0946. The predicted octanol–water partition coefficient (Wildman–Crippen LogP) is 5.70. The van der Waals surface area contributed by atoms with Crippen molar-refractivity contribution < 1.29 is 9.90 Å². The molecular weight excluding hydrogens is 436 g/mol. The Bertz CT molecular complexity index is 1590. The summed E-state index contributed by atoms with van der Waals surface area (Å²) < 4.78 is 0. The predicted molar refractivity (Wildman–Crippen MR) is 138 cm³/mol. The summed E-state index contributed by atoms with van der Waals surface area (Å²) in [6.07, 6.45) is 2.43. The normalized spacial score (nSPS) is 12.7. The first-order valence-corrected chi connectivity index (χ1v) is 11.5. The van der Waals surface area contributed by atoms with Crippen LogP contribution in [0.25, 0.3) is 33.3 Å². The molecule has 1 amide bonds. The number of carbonyl (C=O) groups excluding carboxylic acids is 1. The van der Waals surface area contributed by atoms with Crippen LogP contribution in [-0.2, 0) is 6.42 Å². The van der Waals surface area contributed by atoms with E-state index in [-0.39, 0.29) is 11.7 Å². The summed E-state index contributed by atoms with van der Waals surface area (Å²) in [5.74, 6) is 0.0987. The van der Waals surface area contributed by atoms with Crippen LogP contribution >= 0.6 is 0 Å². The molecule has 0 aliphatic carbocycles. The first-order valence-electron chi connectivity index (χ1n) is 11.5. The van der Waals surface area contributed by atoms with E-state index >= 15 is 0 Å². The number of aromatic hydroxyl groups is 1. The minimum absolute atomic E-state index is 0.125. The van der Waals surface area contributed by atoms with E-state index in [0.717, 1.165) is 44.7 Å². The van der Waals surface area contributed by atoms with Crippen LogP contribution in [0, 0.1) is 0 Å². The molecule has 0 saturated carbocycles. The number of carbonyl (C=O) groups is 1. The number of pyridine rings is 2. The van der Waals surface area contributed by atoms with Crippen LogP contribution in [0.4, 0.5) is 11.4 Å². The van der Waals surface area contributed by atoms with E-state index < -0.39 is 0 Å². The molecule has 6 rings (SSSR count). The maximum atomic E-state index is 12.9. The number of hydrogen-bond acceptors (Lipinski definition) is 5. The van der Waals surface area contributed by atoms with E-state index in [0.29, 0.717) is 24.2 Å². The number of phenolic OH excluding ortho intramolecular Hbond substituents is 1. The fourth-order valence-electron chi connectivity index (χ4n) is 4.56. The van der Waals surface area contributed by atoms with Crippen LogP contribution in [-0.4, -0.2) is 27.5 Å². The van der Waals surface area contributed by atoms with Gasteiger partial charge < -0.3 is 15.7 Å². The summed E-state index contributed by atoms with van der Waals surface area (Å²) in [5.41, 5.74) is 7.42. The molecule has 0 saturated heterocycles. The number of hydrogen-bond donors (Lipinski definition) is 3. The lowest BCUT2D eigenvalue weighted by Crippen LogP contribution is -2.33. The van der Waals surface area contributed by atoms with E-state index in [2.05, 4.69) is 21.7 Å². The van der Waals surface area contributed by atoms with Gasteiger partial charge in [0.2, 0.25) is 0 Å². The molecule has 6 nitrogen and oxygen atoms in total. The second-order valence-electron chi connectivity index (χ2n) is 8.51. The van der Waals surface area contributed by atoms with Crippen LogP contribution in [0.15, 0.2) is 91.1 Å². The van der Waals surface area contributed by atoms with Crippen LogP contribution in [0.3, 0.4) is 0 Å². The lowest BCUT2D eigenvalue weighted by atomic mass is 9.98. The highest BCUT2D eigenvalue weighted by Gasteiger charge is 2.24. The molecule has 0 radical (unpaired) electrons. The van der Waals surface area contributed by atoms with Crippen molar-refractivity contribution in [2.45, 2.75) is 6.42 Å². The minimum Gasteiger partial charge on any atom is -0.508 e. The molecule has 3 heterocycles. The molecule has 5 aromatic rings. The van der Waals surface area contributed by atoms with Crippen LogP contribution < -0.4 is 10.6 Å². The highest BCUT2D eigenvalue weighted by atomic mass is 16.3. The van der Waals surface area contributed by atoms with Crippen molar-refractivity contribution in [2.24, 2.45) is 0 Å². The molecule has 2 aromatic heterocycles. The molecule has 3 N–H and O–H groups in total. The summed E-state index contributed by atoms with van der Waals surface area (Å²) in [6.45, 7) is 0.559. The number of anilines is 2. The maximum Gasteiger partial charge on any atom is 0.255 e. The van der Waals surface area contributed by atoms with Crippen molar-refractivity contribution in [3.05, 3.63) is 102 Å². The van der Waals surface area contributed by atoms with Gasteiger partial charge in [-0.3, -0.25) is 14.8 Å². The molecule has 0 bridgehead atoms. The van der Waals surface area contributed by atoms with Gasteiger partial charge in [-0.1, -0.05) is 36.4 Å². The third-order valence-corrected chi connectivity index (χ3v) is 6.22. The average Bonchev–Trinajstić information content (AvgIpc) is 2.89. The van der Waals surface area contributed by atoms with Crippen molar-refractivity contribution in [1.82, 2.24) is 15.3 Å². The van der Waals surface area contributed by atoms with Crippen LogP contribution in [0.1, 0.15) is 16.1 Å². The lowest BCUT2D eigenvalue weighted by Gasteiger charge is -2.21. The smallest absolute Gasteiger partial charge is 0.255 e. The van der Waals surface area contributed by atoms with E-state index in [1.807, 2.05) is 66.7 Å². The average molecular weight is 459 g/mol. The van der Waals surface area contributed by atoms with Crippen molar-refractivity contribution in [1.29, 1.82) is 0 Å². The molecule has 0 unspecified atom stereocenters. The monoisotopic (exact) mass is 458 g/mol. The maximum absolute atomic E-state index is 12.9. The molecule has 3 aromatic carbocycles. The highest BCUT2D eigenvalue weighted by Crippen LogP contribution is 2.34. The zero-order chi connectivity index (χ0) is 23.8. The molecule has 1 aliphatic rings. The van der Waals surface area contributed by atoms with Crippen molar-refractivity contribution >= 4 is 28.2 Å². The number of rotatable bonds is 4. The molecular formula is C29H22N4O2. The first kappa shape index (κ1) is 20.9. The zero-order valence-electron chi connectivity index (χ0n) is 18.8. The molecule has 35 heavy (non-hydrogen) atoms. The second kappa shape index (κ2) is 8.57. The highest BCUT2D eigenvalue weighted by molar-refractivity contribution is 6.04. The Morgan fingerprint density at radius 2 is 1.63 bits per heavy atom. The summed E-state index contributed by atoms with van der Waals surface area (Å²) in [6, 6.07) is 27.0. The van der Waals surface area contributed by atoms with Crippen LogP contribution in [0.2, 0.25) is 0 Å². The summed E-state index contributed by atoms with van der Waals surface area (Å²) in [7, 11) is 0. The Labute approximate surface area is 202 Å². The Morgan fingerprint density at radius 1 is 0.829 bits per heavy atom. The fourth-order valence-corrected chi connectivity index (χ4v) is 4.56. The number of aromatic nitrogens is 2. The standard InChI is InChI=1S/C29H22N4O2/c34-21-8-2-6-19(16-21)18-5-1-7-20(15-18)26-17-27(28-25(33-26)12-14-31-29(28)35)32-24-11-3-10-23-22(24)9-4-13-30-23/h1-11,13,15-17,34H,12,14H2,(H,31,35)(H,32,33). The molecule has 0 fully saturated rings. The summed E-state index contributed by atoms with van der Waals surface area (Å²) >= 11 is 0. The topological polar surface area (TPSA) is 87.1 Å². The number of benzene rings is 3. The summed E-state index contributed by atoms with van der Waals surface area (Å²) in [5, 5.41) is 17.3. The molecule has 6 heteroatoms. The zero-order valence-corrected chi connectivity index (χ0v) is 18.8. The van der Waals surface area contributed by atoms with Gasteiger partial charge in [0.1, 0.15) is 5.75 Å². The van der Waals surface area contributed by atoms with Crippen LogP contribution in [0.5, 0.6) is 5.75 Å². The van der Waals surface area contributed by atoms with Gasteiger partial charge in [0, 0.05) is 35.8 Å². The number of nitrogens with one attached hydrogen (secondary N) is 2. The molecule has 0 atom stereocenters. The van der Waals surface area contributed by atoms with E-state index in [9.17, 15) is 9.90 Å². The number of amides is 1. The van der Waals surface area contributed by atoms with Crippen molar-refractivity contribution in [3.8, 4) is 28.1 Å². The van der Waals surface area contributed by atoms with Gasteiger partial charge in [0.05, 0.1) is 28.2 Å². The second-order valence-corrected chi connectivity index (χ2v) is 8.51. The van der Waals surface area contributed by atoms with E-state index in [4.69, 9.17) is 4.98 Å². The SMILES string of the molecule is O=C1NCCc2nc(-c3cccc(-c4cccc(O)c4)c3)cc(Nc3cccc4ncccc34)c21. The third-order valence-electron chi connectivity index (χ3n) is 6.22. The van der Waals surface area contributed by atoms with Gasteiger partial charge in [-0.15, -0.1) is 0 Å². The van der Waals surface area contributed by atoms with E-state index in [1.165, 1.54) is 0 Å².